The van der Waals surface area contributed by atoms with Crippen molar-refractivity contribution in [3.05, 3.63) is 23.2 Å². The molecule has 1 aromatic rings. The predicted molar refractivity (Wildman–Crippen MR) is 125 cm³/mol. The maximum absolute atomic E-state index is 12.6. The maximum atomic E-state index is 12.6. The lowest BCUT2D eigenvalue weighted by Gasteiger charge is -2.23. The fourth-order valence-corrected chi connectivity index (χ4v) is 4.08. The lowest BCUT2D eigenvalue weighted by molar-refractivity contribution is -0.143. The van der Waals surface area contributed by atoms with Crippen LogP contribution in [0.5, 0.6) is 5.75 Å². The number of hydrogen-bond donors (Lipinski definition) is 2. The van der Waals surface area contributed by atoms with E-state index >= 15 is 0 Å². The van der Waals surface area contributed by atoms with Crippen LogP contribution in [0, 0.1) is 0 Å². The highest BCUT2D eigenvalue weighted by molar-refractivity contribution is 14.0. The number of aliphatic imine (C=N–C) groups is 1. The summed E-state index contributed by atoms with van der Waals surface area (Å²) in [5.74, 6) is 1.39. The molecule has 2 N–H and O–H groups in total. The third-order valence-corrected chi connectivity index (χ3v) is 5.49. The second-order valence-electron chi connectivity index (χ2n) is 7.44. The van der Waals surface area contributed by atoms with Gasteiger partial charge in [0.25, 0.3) is 0 Å². The van der Waals surface area contributed by atoms with E-state index in [9.17, 15) is 13.2 Å². The number of rotatable bonds is 5. The summed E-state index contributed by atoms with van der Waals surface area (Å²) in [7, 11) is 3.30. The first-order chi connectivity index (χ1) is 13.8. The number of alkyl halides is 3. The Labute approximate surface area is 197 Å². The SMILES string of the molecule is CN=C(NC1CCN(CC(F)(F)F)C1)NC1CCN(c2cc(Cl)ccc2OC)C1.I. The molecule has 2 atom stereocenters. The van der Waals surface area contributed by atoms with E-state index in [1.54, 1.807) is 20.2 Å². The molecule has 0 saturated carbocycles. The molecule has 0 amide bonds. The van der Waals surface area contributed by atoms with Crippen LogP contribution in [0.25, 0.3) is 0 Å². The number of likely N-dealkylation sites (tertiary alicyclic amines) is 1. The molecule has 3 rings (SSSR count). The number of benzene rings is 1. The Morgan fingerprint density at radius 3 is 2.50 bits per heavy atom. The molecule has 2 aliphatic heterocycles. The Balaban J connectivity index is 0.00000320. The first-order valence-electron chi connectivity index (χ1n) is 9.65. The molecule has 6 nitrogen and oxygen atoms in total. The normalized spacial score (nSPS) is 22.7. The molecule has 0 aliphatic carbocycles. The van der Waals surface area contributed by atoms with Gasteiger partial charge in [0.05, 0.1) is 19.3 Å². The number of ether oxygens (including phenoxy) is 1. The molecule has 2 aliphatic rings. The molecular weight excluding hydrogens is 534 g/mol. The van der Waals surface area contributed by atoms with Crippen LogP contribution in [0.1, 0.15) is 12.8 Å². The zero-order valence-corrected chi connectivity index (χ0v) is 20.1. The van der Waals surface area contributed by atoms with Gasteiger partial charge in [0.2, 0.25) is 0 Å². The van der Waals surface area contributed by atoms with Crippen molar-refractivity contribution in [2.45, 2.75) is 31.1 Å². The molecular formula is C19H28ClF3IN5O. The number of methoxy groups -OCH3 is 1. The van der Waals surface area contributed by atoms with E-state index in [1.165, 1.54) is 4.90 Å². The molecule has 0 spiro atoms. The van der Waals surface area contributed by atoms with Gasteiger partial charge in [-0.05, 0) is 31.0 Å². The summed E-state index contributed by atoms with van der Waals surface area (Å²) >= 11 is 6.14. The standard InChI is InChI=1S/C19H27ClF3N5O.HI/c1-24-18(25-14-5-7-27(10-14)12-19(21,22)23)26-15-6-8-28(11-15)16-9-13(20)3-4-17(16)29-2;/h3-4,9,14-15H,5-8,10-12H2,1-2H3,(H2,24,25,26);1H. The average Bonchev–Trinajstić information content (AvgIpc) is 3.29. The lowest BCUT2D eigenvalue weighted by atomic mass is 10.2. The molecule has 2 saturated heterocycles. The van der Waals surface area contributed by atoms with Gasteiger partial charge in [0.1, 0.15) is 5.75 Å². The molecule has 11 heteroatoms. The highest BCUT2D eigenvalue weighted by Crippen LogP contribution is 2.33. The molecule has 170 valence electrons. The van der Waals surface area contributed by atoms with Gasteiger partial charge >= 0.3 is 6.18 Å². The molecule has 0 aromatic heterocycles. The van der Waals surface area contributed by atoms with Crippen LogP contribution in [-0.4, -0.2) is 76.0 Å². The van der Waals surface area contributed by atoms with Crippen LogP contribution >= 0.6 is 35.6 Å². The zero-order chi connectivity index (χ0) is 21.0. The fourth-order valence-electron chi connectivity index (χ4n) is 3.91. The Morgan fingerprint density at radius 1 is 1.20 bits per heavy atom. The largest absolute Gasteiger partial charge is 0.495 e. The van der Waals surface area contributed by atoms with E-state index in [0.717, 1.165) is 30.9 Å². The Hall–Kier alpha value is -1.14. The summed E-state index contributed by atoms with van der Waals surface area (Å²) in [4.78, 5) is 7.88. The molecule has 30 heavy (non-hydrogen) atoms. The maximum Gasteiger partial charge on any atom is 0.401 e. The minimum atomic E-state index is -4.16. The number of nitrogens with zero attached hydrogens (tertiary/aromatic N) is 3. The summed E-state index contributed by atoms with van der Waals surface area (Å²) in [6.07, 6.45) is -2.60. The van der Waals surface area contributed by atoms with Crippen molar-refractivity contribution < 1.29 is 17.9 Å². The summed E-state index contributed by atoms with van der Waals surface area (Å²) in [5, 5.41) is 7.30. The van der Waals surface area contributed by atoms with Crippen LogP contribution in [0.2, 0.25) is 5.02 Å². The van der Waals surface area contributed by atoms with Gasteiger partial charge in [-0.1, -0.05) is 11.6 Å². The lowest BCUT2D eigenvalue weighted by Crippen LogP contribution is -2.49. The second-order valence-corrected chi connectivity index (χ2v) is 7.88. The topological polar surface area (TPSA) is 52.1 Å². The van der Waals surface area contributed by atoms with Crippen LogP contribution in [0.15, 0.2) is 23.2 Å². The van der Waals surface area contributed by atoms with Crippen molar-refractivity contribution >= 4 is 47.2 Å². The van der Waals surface area contributed by atoms with Crippen LogP contribution in [-0.2, 0) is 0 Å². The van der Waals surface area contributed by atoms with Gasteiger partial charge in [-0.15, -0.1) is 24.0 Å². The number of hydrogen-bond acceptors (Lipinski definition) is 4. The number of nitrogens with one attached hydrogen (secondary N) is 2. The molecule has 0 radical (unpaired) electrons. The van der Waals surface area contributed by atoms with Crippen LogP contribution in [0.4, 0.5) is 18.9 Å². The highest BCUT2D eigenvalue weighted by atomic mass is 127. The molecule has 2 heterocycles. The van der Waals surface area contributed by atoms with Gasteiger partial charge in [-0.3, -0.25) is 9.89 Å². The van der Waals surface area contributed by atoms with E-state index in [2.05, 4.69) is 20.5 Å². The Morgan fingerprint density at radius 2 is 1.87 bits per heavy atom. The molecule has 1 aromatic carbocycles. The first-order valence-corrected chi connectivity index (χ1v) is 10.0. The summed E-state index contributed by atoms with van der Waals surface area (Å²) < 4.78 is 43.2. The first kappa shape index (κ1) is 25.1. The Kier molecular flexibility index (Phi) is 9.16. The van der Waals surface area contributed by atoms with Crippen molar-refractivity contribution in [3.63, 3.8) is 0 Å². The van der Waals surface area contributed by atoms with Crippen molar-refractivity contribution in [2.24, 2.45) is 4.99 Å². The Bertz CT molecular complexity index is 737. The number of anilines is 1. The summed E-state index contributed by atoms with van der Waals surface area (Å²) in [6, 6.07) is 5.66. The van der Waals surface area contributed by atoms with Gasteiger partial charge in [-0.2, -0.15) is 13.2 Å². The highest BCUT2D eigenvalue weighted by Gasteiger charge is 2.35. The van der Waals surface area contributed by atoms with Gasteiger partial charge in [-0.25, -0.2) is 0 Å². The van der Waals surface area contributed by atoms with Crippen molar-refractivity contribution in [1.82, 2.24) is 15.5 Å². The third-order valence-electron chi connectivity index (χ3n) is 5.25. The van der Waals surface area contributed by atoms with Crippen LogP contribution < -0.4 is 20.3 Å². The smallest absolute Gasteiger partial charge is 0.401 e. The van der Waals surface area contributed by atoms with Gasteiger partial charge in [0, 0.05) is 50.3 Å². The summed E-state index contributed by atoms with van der Waals surface area (Å²) in [6.45, 7) is 1.52. The second kappa shape index (κ2) is 10.9. The zero-order valence-electron chi connectivity index (χ0n) is 17.0. The fraction of sp³-hybridized carbons (Fsp3) is 0.632. The monoisotopic (exact) mass is 561 g/mol. The van der Waals surface area contributed by atoms with Gasteiger partial charge < -0.3 is 20.3 Å². The van der Waals surface area contributed by atoms with E-state index < -0.39 is 12.7 Å². The van der Waals surface area contributed by atoms with Crippen molar-refractivity contribution in [2.75, 3.05) is 51.8 Å². The predicted octanol–water partition coefficient (Wildman–Crippen LogP) is 3.35. The minimum Gasteiger partial charge on any atom is -0.495 e. The third kappa shape index (κ3) is 6.94. The average molecular weight is 562 g/mol. The van der Waals surface area contributed by atoms with Crippen LogP contribution in [0.3, 0.4) is 0 Å². The molecule has 2 fully saturated rings. The number of guanidine groups is 1. The van der Waals surface area contributed by atoms with E-state index in [1.807, 2.05) is 12.1 Å². The van der Waals surface area contributed by atoms with E-state index in [4.69, 9.17) is 16.3 Å². The molecule has 0 bridgehead atoms. The molecule has 2 unspecified atom stereocenters. The minimum absolute atomic E-state index is 0. The van der Waals surface area contributed by atoms with Crippen molar-refractivity contribution in [1.29, 1.82) is 0 Å². The number of halogens is 5. The van der Waals surface area contributed by atoms with Gasteiger partial charge in [0.15, 0.2) is 5.96 Å². The van der Waals surface area contributed by atoms with E-state index in [0.29, 0.717) is 30.5 Å². The van der Waals surface area contributed by atoms with Crippen molar-refractivity contribution in [3.8, 4) is 5.75 Å². The summed E-state index contributed by atoms with van der Waals surface area (Å²) in [5.41, 5.74) is 0.950. The van der Waals surface area contributed by atoms with E-state index in [-0.39, 0.29) is 36.1 Å². The quantitative estimate of drug-likeness (QED) is 0.328.